The monoisotopic (exact) mass is 228 g/mol. The van der Waals surface area contributed by atoms with Crippen molar-refractivity contribution in [1.82, 2.24) is 0 Å². The highest BCUT2D eigenvalue weighted by atomic mass is 32.2. The summed E-state index contributed by atoms with van der Waals surface area (Å²) in [6, 6.07) is 0. The van der Waals surface area contributed by atoms with Crippen molar-refractivity contribution in [2.75, 3.05) is 0 Å². The maximum Gasteiger partial charge on any atom is 0.212 e. The lowest BCUT2D eigenvalue weighted by atomic mass is 9.88. The Morgan fingerprint density at radius 2 is 2.21 bits per heavy atom. The van der Waals surface area contributed by atoms with Gasteiger partial charge in [0.25, 0.3) is 0 Å². The Morgan fingerprint density at radius 1 is 1.50 bits per heavy atom. The quantitative estimate of drug-likeness (QED) is 0.689. The number of thioether (sulfide) groups is 2. The number of carbonyl (C=O) groups is 2. The molecule has 1 fully saturated rings. The standard InChI is InChI=1S/C10H12O2S2/c1-6-7(5-9(12)13-6)10(2)4-3-8(11)14-10/h3-4,6-7H,5H2,1-2H3/t6-,7+,10-/m0/s1. The van der Waals surface area contributed by atoms with Crippen LogP contribution in [0.2, 0.25) is 0 Å². The third-order valence-corrected chi connectivity index (χ3v) is 5.22. The third kappa shape index (κ3) is 1.65. The van der Waals surface area contributed by atoms with Gasteiger partial charge in [0.2, 0.25) is 5.12 Å². The summed E-state index contributed by atoms with van der Waals surface area (Å²) in [6.07, 6.45) is 4.19. The van der Waals surface area contributed by atoms with Crippen molar-refractivity contribution in [1.29, 1.82) is 0 Å². The fourth-order valence-electron chi connectivity index (χ4n) is 2.07. The molecule has 0 spiro atoms. The molecule has 0 amide bonds. The molecule has 0 aliphatic carbocycles. The minimum absolute atomic E-state index is 0.115. The highest BCUT2D eigenvalue weighted by Crippen LogP contribution is 2.49. The molecule has 2 aliphatic rings. The molecule has 2 heterocycles. The molecule has 0 saturated carbocycles. The first-order valence-corrected chi connectivity index (χ1v) is 6.32. The van der Waals surface area contributed by atoms with Crippen LogP contribution in [0.5, 0.6) is 0 Å². The molecule has 14 heavy (non-hydrogen) atoms. The molecule has 3 atom stereocenters. The lowest BCUT2D eigenvalue weighted by Gasteiger charge is -2.29. The highest BCUT2D eigenvalue weighted by Gasteiger charge is 2.45. The summed E-state index contributed by atoms with van der Waals surface area (Å²) in [6.45, 7) is 4.13. The second-order valence-electron chi connectivity index (χ2n) is 3.94. The lowest BCUT2D eigenvalue weighted by Crippen LogP contribution is -2.31. The molecule has 1 saturated heterocycles. The van der Waals surface area contributed by atoms with E-state index in [-0.39, 0.29) is 15.0 Å². The summed E-state index contributed by atoms with van der Waals surface area (Å²) in [5, 5.41) is 0.705. The van der Waals surface area contributed by atoms with E-state index < -0.39 is 0 Å². The highest BCUT2D eigenvalue weighted by molar-refractivity contribution is 8.16. The van der Waals surface area contributed by atoms with Gasteiger partial charge in [-0.15, -0.1) is 0 Å². The first-order valence-electron chi connectivity index (χ1n) is 4.63. The number of hydrogen-bond donors (Lipinski definition) is 0. The number of rotatable bonds is 1. The molecule has 2 rings (SSSR count). The Hall–Kier alpha value is -0.220. The van der Waals surface area contributed by atoms with Gasteiger partial charge in [0.15, 0.2) is 5.12 Å². The maximum atomic E-state index is 11.3. The van der Waals surface area contributed by atoms with E-state index in [1.165, 1.54) is 23.5 Å². The minimum Gasteiger partial charge on any atom is -0.287 e. The Balaban J connectivity index is 2.19. The average Bonchev–Trinajstić information content (AvgIpc) is 2.57. The summed E-state index contributed by atoms with van der Waals surface area (Å²) in [5.74, 6) is 0.299. The normalized spacial score (nSPS) is 42.4. The molecule has 4 heteroatoms. The molecular formula is C10H12O2S2. The topological polar surface area (TPSA) is 34.1 Å². The molecular weight excluding hydrogens is 216 g/mol. The van der Waals surface area contributed by atoms with Gasteiger partial charge in [0, 0.05) is 16.4 Å². The number of hydrogen-bond acceptors (Lipinski definition) is 4. The molecule has 0 unspecified atom stereocenters. The van der Waals surface area contributed by atoms with Gasteiger partial charge in [-0.05, 0) is 18.9 Å². The van der Waals surface area contributed by atoms with E-state index in [0.717, 1.165) is 0 Å². The van der Waals surface area contributed by atoms with Crippen molar-refractivity contribution in [2.45, 2.75) is 30.3 Å². The SMILES string of the molecule is C[C@@H]1SC(=O)C[C@H]1[C@]1(C)C=CC(=O)S1. The minimum atomic E-state index is -0.157. The van der Waals surface area contributed by atoms with Gasteiger partial charge in [-0.1, -0.05) is 36.5 Å². The Kier molecular flexibility index (Phi) is 2.52. The Bertz CT molecular complexity index is 324. The fraction of sp³-hybridized carbons (Fsp3) is 0.600. The summed E-state index contributed by atoms with van der Waals surface area (Å²) in [4.78, 5) is 22.5. The van der Waals surface area contributed by atoms with Crippen LogP contribution in [-0.2, 0) is 9.59 Å². The molecule has 2 aliphatic heterocycles. The van der Waals surface area contributed by atoms with Crippen LogP contribution in [0, 0.1) is 5.92 Å². The molecule has 0 radical (unpaired) electrons. The predicted octanol–water partition coefficient (Wildman–Crippen LogP) is 2.24. The maximum absolute atomic E-state index is 11.3. The Morgan fingerprint density at radius 3 is 2.64 bits per heavy atom. The first kappa shape index (κ1) is 10.3. The summed E-state index contributed by atoms with van der Waals surface area (Å²) in [7, 11) is 0. The molecule has 0 bridgehead atoms. The van der Waals surface area contributed by atoms with E-state index in [1.54, 1.807) is 6.08 Å². The molecule has 2 nitrogen and oxygen atoms in total. The number of carbonyl (C=O) groups excluding carboxylic acids is 2. The van der Waals surface area contributed by atoms with Crippen LogP contribution < -0.4 is 0 Å². The zero-order valence-electron chi connectivity index (χ0n) is 8.15. The summed E-state index contributed by atoms with van der Waals surface area (Å²) in [5.41, 5.74) is 0. The van der Waals surface area contributed by atoms with Crippen LogP contribution >= 0.6 is 23.5 Å². The molecule has 0 N–H and O–H groups in total. The lowest BCUT2D eigenvalue weighted by molar-refractivity contribution is -0.111. The van der Waals surface area contributed by atoms with E-state index in [4.69, 9.17) is 0 Å². The molecule has 0 aromatic heterocycles. The largest absolute Gasteiger partial charge is 0.287 e. The van der Waals surface area contributed by atoms with Crippen molar-refractivity contribution >= 4 is 33.8 Å². The van der Waals surface area contributed by atoms with E-state index in [1.807, 2.05) is 6.08 Å². The van der Waals surface area contributed by atoms with E-state index in [9.17, 15) is 9.59 Å². The van der Waals surface area contributed by atoms with Gasteiger partial charge in [-0.25, -0.2) is 0 Å². The van der Waals surface area contributed by atoms with E-state index in [0.29, 0.717) is 17.6 Å². The third-order valence-electron chi connectivity index (χ3n) is 2.88. The summed E-state index contributed by atoms with van der Waals surface area (Å²) < 4.78 is -0.157. The van der Waals surface area contributed by atoms with Gasteiger partial charge in [-0.3, -0.25) is 9.59 Å². The Labute approximate surface area is 91.9 Å². The summed E-state index contributed by atoms with van der Waals surface area (Å²) >= 11 is 2.77. The van der Waals surface area contributed by atoms with Gasteiger partial charge in [-0.2, -0.15) is 0 Å². The van der Waals surface area contributed by atoms with Crippen LogP contribution in [0.4, 0.5) is 0 Å². The van der Waals surface area contributed by atoms with E-state index >= 15 is 0 Å². The second-order valence-corrected chi connectivity index (χ2v) is 6.86. The smallest absolute Gasteiger partial charge is 0.212 e. The fourth-order valence-corrected chi connectivity index (χ4v) is 4.53. The molecule has 0 aromatic rings. The average molecular weight is 228 g/mol. The zero-order valence-corrected chi connectivity index (χ0v) is 9.78. The van der Waals surface area contributed by atoms with Gasteiger partial charge < -0.3 is 0 Å². The first-order chi connectivity index (χ1) is 6.51. The van der Waals surface area contributed by atoms with Crippen LogP contribution in [-0.4, -0.2) is 20.2 Å². The molecule has 76 valence electrons. The van der Waals surface area contributed by atoms with Crippen molar-refractivity contribution < 1.29 is 9.59 Å². The van der Waals surface area contributed by atoms with Gasteiger partial charge in [0.05, 0.1) is 0 Å². The van der Waals surface area contributed by atoms with Crippen molar-refractivity contribution in [3.8, 4) is 0 Å². The van der Waals surface area contributed by atoms with Crippen molar-refractivity contribution in [3.05, 3.63) is 12.2 Å². The second kappa shape index (κ2) is 3.42. The predicted molar refractivity (Wildman–Crippen MR) is 60.3 cm³/mol. The van der Waals surface area contributed by atoms with Gasteiger partial charge >= 0.3 is 0 Å². The van der Waals surface area contributed by atoms with E-state index in [2.05, 4.69) is 13.8 Å². The van der Waals surface area contributed by atoms with Gasteiger partial charge in [0.1, 0.15) is 0 Å². The van der Waals surface area contributed by atoms with Crippen LogP contribution in [0.1, 0.15) is 20.3 Å². The van der Waals surface area contributed by atoms with Crippen molar-refractivity contribution in [3.63, 3.8) is 0 Å². The van der Waals surface area contributed by atoms with Crippen molar-refractivity contribution in [2.24, 2.45) is 5.92 Å². The zero-order chi connectivity index (χ0) is 10.3. The van der Waals surface area contributed by atoms with Crippen LogP contribution in [0.25, 0.3) is 0 Å². The molecule has 0 aromatic carbocycles. The van der Waals surface area contributed by atoms with Crippen LogP contribution in [0.15, 0.2) is 12.2 Å². The van der Waals surface area contributed by atoms with Crippen LogP contribution in [0.3, 0.4) is 0 Å².